The van der Waals surface area contributed by atoms with Crippen molar-refractivity contribution >= 4 is 35.3 Å². The van der Waals surface area contributed by atoms with Crippen LogP contribution in [0.3, 0.4) is 0 Å². The van der Waals surface area contributed by atoms with Crippen LogP contribution in [0.25, 0.3) is 0 Å². The summed E-state index contributed by atoms with van der Waals surface area (Å²) < 4.78 is 14.3. The number of esters is 2. The number of hydrogen-bond donors (Lipinski definition) is 2. The Morgan fingerprint density at radius 1 is 1.14 bits per heavy atom. The fourth-order valence-corrected chi connectivity index (χ4v) is 2.33. The molecule has 12 heteroatoms. The first-order chi connectivity index (χ1) is 13.5. The Kier molecular flexibility index (Phi) is 8.52. The van der Waals surface area contributed by atoms with Crippen LogP contribution in [0.2, 0.25) is 0 Å². The monoisotopic (exact) mass is 411 g/mol. The molecule has 0 aliphatic heterocycles. The molecule has 0 aliphatic carbocycles. The van der Waals surface area contributed by atoms with E-state index in [-0.39, 0.29) is 30.0 Å². The van der Waals surface area contributed by atoms with Crippen LogP contribution in [0.5, 0.6) is 5.75 Å². The molecular weight excluding hydrogens is 390 g/mol. The average Bonchev–Trinajstić information content (AvgIpc) is 2.60. The number of hydrogen-bond acceptors (Lipinski definition) is 9. The zero-order chi connectivity index (χ0) is 22.1. The number of nitrogens with zero attached hydrogens (tertiary/aromatic N) is 1. The first-order valence-electron chi connectivity index (χ1n) is 8.28. The summed E-state index contributed by atoms with van der Waals surface area (Å²) in [6.45, 7) is 3.21. The van der Waals surface area contributed by atoms with Crippen molar-refractivity contribution in [2.24, 2.45) is 0 Å². The molecule has 1 aromatic carbocycles. The van der Waals surface area contributed by atoms with Crippen LogP contribution >= 0.6 is 0 Å². The van der Waals surface area contributed by atoms with E-state index >= 15 is 0 Å². The fourth-order valence-electron chi connectivity index (χ4n) is 2.33. The van der Waals surface area contributed by atoms with Crippen molar-refractivity contribution in [1.82, 2.24) is 5.32 Å². The van der Waals surface area contributed by atoms with Gasteiger partial charge in [0.15, 0.2) is 5.75 Å². The molecule has 0 aliphatic rings. The van der Waals surface area contributed by atoms with Gasteiger partial charge in [-0.1, -0.05) is 0 Å². The second-order valence-electron chi connectivity index (χ2n) is 5.85. The molecule has 1 aromatic rings. The van der Waals surface area contributed by atoms with E-state index in [2.05, 4.69) is 15.4 Å². The van der Waals surface area contributed by atoms with Gasteiger partial charge in [0.1, 0.15) is 6.61 Å². The summed E-state index contributed by atoms with van der Waals surface area (Å²) in [7, 11) is 1.13. The topological polar surface area (TPSA) is 163 Å². The van der Waals surface area contributed by atoms with Crippen LogP contribution < -0.4 is 15.4 Å². The summed E-state index contributed by atoms with van der Waals surface area (Å²) in [5.74, 6) is -2.05. The van der Waals surface area contributed by atoms with E-state index < -0.39 is 40.6 Å². The van der Waals surface area contributed by atoms with E-state index in [1.807, 2.05) is 0 Å². The molecule has 2 amide bonds. The van der Waals surface area contributed by atoms with E-state index in [1.54, 1.807) is 0 Å². The summed E-state index contributed by atoms with van der Waals surface area (Å²) >= 11 is 0. The van der Waals surface area contributed by atoms with Gasteiger partial charge in [-0.15, -0.1) is 0 Å². The lowest BCUT2D eigenvalue weighted by Gasteiger charge is -2.19. The van der Waals surface area contributed by atoms with Crippen LogP contribution in [0, 0.1) is 10.1 Å². The van der Waals surface area contributed by atoms with Crippen LogP contribution in [0.1, 0.15) is 26.3 Å². The van der Waals surface area contributed by atoms with E-state index in [9.17, 15) is 29.3 Å². The molecule has 0 saturated heterocycles. The number of benzene rings is 1. The molecule has 0 unspecified atom stereocenters. The summed E-state index contributed by atoms with van der Waals surface area (Å²) in [5.41, 5.74) is -0.310. The third kappa shape index (κ3) is 7.82. The number of rotatable bonds is 8. The minimum Gasteiger partial charge on any atom is -0.464 e. The van der Waals surface area contributed by atoms with Crippen molar-refractivity contribution < 1.29 is 38.3 Å². The molecule has 0 heterocycles. The quantitative estimate of drug-likeness (QED) is 0.278. The van der Waals surface area contributed by atoms with Crippen LogP contribution in [0.4, 0.5) is 16.2 Å². The third-order valence-electron chi connectivity index (χ3n) is 3.40. The highest BCUT2D eigenvalue weighted by molar-refractivity contribution is 5.91. The highest BCUT2D eigenvalue weighted by atomic mass is 16.6. The molecule has 0 radical (unpaired) electrons. The minimum absolute atomic E-state index is 0.0256. The van der Waals surface area contributed by atoms with Crippen molar-refractivity contribution in [3.63, 3.8) is 0 Å². The molecule has 1 rings (SSSR count). The van der Waals surface area contributed by atoms with Gasteiger partial charge in [-0.25, -0.2) is 4.79 Å². The van der Waals surface area contributed by atoms with Gasteiger partial charge in [0.25, 0.3) is 5.69 Å². The van der Waals surface area contributed by atoms with Crippen molar-refractivity contribution in [2.45, 2.75) is 33.2 Å². The van der Waals surface area contributed by atoms with Gasteiger partial charge in [-0.05, 0) is 6.07 Å². The lowest BCUT2D eigenvalue weighted by atomic mass is 10.0. The predicted octanol–water partition coefficient (Wildman–Crippen LogP) is 1.31. The Balaban J connectivity index is 3.37. The van der Waals surface area contributed by atoms with Crippen molar-refractivity contribution in [2.75, 3.05) is 19.0 Å². The van der Waals surface area contributed by atoms with Gasteiger partial charge in [-0.2, -0.15) is 0 Å². The Morgan fingerprint density at radius 2 is 1.79 bits per heavy atom. The molecule has 2 N–H and O–H groups in total. The number of methoxy groups -OCH3 is 1. The lowest BCUT2D eigenvalue weighted by Crippen LogP contribution is -2.40. The Hall–Kier alpha value is -3.70. The van der Waals surface area contributed by atoms with Crippen molar-refractivity contribution in [1.29, 1.82) is 0 Å². The molecule has 0 saturated carbocycles. The average molecular weight is 411 g/mol. The van der Waals surface area contributed by atoms with E-state index in [0.29, 0.717) is 0 Å². The molecule has 0 bridgehead atoms. The number of nitro groups is 1. The molecule has 0 fully saturated rings. The zero-order valence-corrected chi connectivity index (χ0v) is 16.3. The van der Waals surface area contributed by atoms with Gasteiger partial charge in [0.2, 0.25) is 5.91 Å². The van der Waals surface area contributed by atoms with Crippen LogP contribution in [-0.2, 0) is 30.3 Å². The molecule has 12 nitrogen and oxygen atoms in total. The Bertz CT molecular complexity index is 823. The summed E-state index contributed by atoms with van der Waals surface area (Å²) in [5, 5.41) is 16.3. The number of ether oxygens (including phenoxy) is 3. The first-order valence-corrected chi connectivity index (χ1v) is 8.28. The number of anilines is 1. The highest BCUT2D eigenvalue weighted by Crippen LogP contribution is 2.34. The maximum Gasteiger partial charge on any atom is 0.407 e. The number of amides is 2. The maximum absolute atomic E-state index is 11.5. The number of carbonyl (C=O) groups is 4. The number of nitrogens with one attached hydrogen (secondary N) is 2. The van der Waals surface area contributed by atoms with Crippen molar-refractivity contribution in [3.8, 4) is 5.75 Å². The zero-order valence-electron chi connectivity index (χ0n) is 16.3. The normalized spacial score (nSPS) is 11.0. The molecule has 1 atom stereocenters. The van der Waals surface area contributed by atoms with Gasteiger partial charge >= 0.3 is 18.0 Å². The molecule has 158 valence electrons. The first kappa shape index (κ1) is 23.3. The van der Waals surface area contributed by atoms with Crippen LogP contribution in [-0.4, -0.2) is 48.6 Å². The molecule has 29 heavy (non-hydrogen) atoms. The predicted molar refractivity (Wildman–Crippen MR) is 98.4 cm³/mol. The fraction of sp³-hybridized carbons (Fsp3) is 0.412. The maximum atomic E-state index is 11.5. The number of alkyl carbamates (subject to hydrolysis) is 1. The molecule has 0 spiro atoms. The second kappa shape index (κ2) is 10.6. The van der Waals surface area contributed by atoms with Gasteiger partial charge in [0, 0.05) is 32.8 Å². The van der Waals surface area contributed by atoms with Gasteiger partial charge in [0.05, 0.1) is 29.8 Å². The summed E-state index contributed by atoms with van der Waals surface area (Å²) in [6, 6.07) is 1.37. The van der Waals surface area contributed by atoms with Gasteiger partial charge in [-0.3, -0.25) is 24.5 Å². The molecular formula is C17H21N3O9. The Morgan fingerprint density at radius 3 is 2.28 bits per heavy atom. The summed E-state index contributed by atoms with van der Waals surface area (Å²) in [4.78, 5) is 56.1. The lowest BCUT2D eigenvalue weighted by molar-refractivity contribution is -0.385. The Labute approximate surface area is 165 Å². The second-order valence-corrected chi connectivity index (χ2v) is 5.85. The van der Waals surface area contributed by atoms with Gasteiger partial charge < -0.3 is 24.8 Å². The third-order valence-corrected chi connectivity index (χ3v) is 3.40. The summed E-state index contributed by atoms with van der Waals surface area (Å²) in [6.07, 6.45) is -0.977. The smallest absolute Gasteiger partial charge is 0.407 e. The van der Waals surface area contributed by atoms with Crippen molar-refractivity contribution in [3.05, 3.63) is 27.8 Å². The van der Waals surface area contributed by atoms with Crippen LogP contribution in [0.15, 0.2) is 12.1 Å². The highest BCUT2D eigenvalue weighted by Gasteiger charge is 2.25. The van der Waals surface area contributed by atoms with E-state index in [1.165, 1.54) is 19.9 Å². The number of nitro benzene ring substituents is 1. The SMILES string of the molecule is COC(=O)N[C@H](COC(C)=O)Cc1cc(NC(C)=O)c(OC(C)=O)cc1[N+](=O)[O-]. The minimum atomic E-state index is -0.866. The molecule has 0 aromatic heterocycles. The van der Waals surface area contributed by atoms with E-state index in [0.717, 1.165) is 20.1 Å². The largest absolute Gasteiger partial charge is 0.464 e. The van der Waals surface area contributed by atoms with E-state index in [4.69, 9.17) is 9.47 Å². The number of carbonyl (C=O) groups excluding carboxylic acids is 4. The standard InChI is InChI=1S/C17H21N3O9/c1-9(21)18-14-6-12(15(20(25)26)7-16(14)29-11(3)23)5-13(8-28-10(2)22)19-17(24)27-4/h6-7,13H,5,8H2,1-4H3,(H,18,21)(H,19,24)/t13-/m0/s1.